The van der Waals surface area contributed by atoms with Crippen molar-refractivity contribution in [2.45, 2.75) is 43.7 Å². The van der Waals surface area contributed by atoms with Crippen LogP contribution in [0.5, 0.6) is 0 Å². The number of ether oxygens (including phenoxy) is 1. The van der Waals surface area contributed by atoms with E-state index in [1.54, 1.807) is 38.2 Å². The first-order chi connectivity index (χ1) is 19.6. The quantitative estimate of drug-likeness (QED) is 0.374. The Labute approximate surface area is 247 Å². The van der Waals surface area contributed by atoms with Crippen molar-refractivity contribution < 1.29 is 23.9 Å². The first kappa shape index (κ1) is 28.7. The topological polar surface area (TPSA) is 114 Å². The third-order valence-electron chi connectivity index (χ3n) is 8.19. The first-order valence-electron chi connectivity index (χ1n) is 13.4. The molecule has 0 saturated carbocycles. The Kier molecular flexibility index (Phi) is 7.86. The Hall–Kier alpha value is -3.81. The first-order valence-corrected chi connectivity index (χ1v) is 14.2. The fraction of sp³-hybridized carbons (Fsp3) is 0.414. The standard InChI is InChI=1S/C29H29Cl2N5O5/c1-3-41-25(37)24-6-4-5-11-35(24)28(40)34-16-23(19-9-7-18(15-32)8-10-19)29(17-34)26(38)36(27(39)33(29)2)22-13-20(30)12-21(31)14-22/h7-10,12-14,23-24H,3-6,11,16-17H2,1-2H3. The molecule has 2 aromatic rings. The summed E-state index contributed by atoms with van der Waals surface area (Å²) in [6.45, 7) is 2.33. The highest BCUT2D eigenvalue weighted by molar-refractivity contribution is 6.35. The van der Waals surface area contributed by atoms with Gasteiger partial charge in [0.05, 0.1) is 30.5 Å². The summed E-state index contributed by atoms with van der Waals surface area (Å²) in [5.74, 6) is -1.59. The lowest BCUT2D eigenvalue weighted by atomic mass is 9.80. The fourth-order valence-corrected chi connectivity index (χ4v) is 6.69. The van der Waals surface area contributed by atoms with Gasteiger partial charge in [-0.2, -0.15) is 5.26 Å². The van der Waals surface area contributed by atoms with E-state index >= 15 is 0 Å². The summed E-state index contributed by atoms with van der Waals surface area (Å²) in [7, 11) is 1.54. The van der Waals surface area contributed by atoms with Crippen LogP contribution >= 0.6 is 23.2 Å². The van der Waals surface area contributed by atoms with Gasteiger partial charge in [0.25, 0.3) is 5.91 Å². The number of benzene rings is 2. The molecule has 0 bridgehead atoms. The number of hydrogen-bond acceptors (Lipinski definition) is 6. The van der Waals surface area contributed by atoms with Crippen LogP contribution in [0.15, 0.2) is 42.5 Å². The van der Waals surface area contributed by atoms with E-state index in [0.717, 1.165) is 17.7 Å². The molecule has 5 amide bonds. The van der Waals surface area contributed by atoms with Crippen molar-refractivity contribution in [1.29, 1.82) is 5.26 Å². The maximum atomic E-state index is 14.4. The molecule has 0 radical (unpaired) electrons. The third kappa shape index (κ3) is 4.87. The van der Waals surface area contributed by atoms with Gasteiger partial charge in [0.2, 0.25) is 0 Å². The zero-order valence-electron chi connectivity index (χ0n) is 22.7. The highest BCUT2D eigenvalue weighted by Crippen LogP contribution is 2.47. The number of likely N-dealkylation sites (tertiary alicyclic amines) is 2. The molecule has 3 atom stereocenters. The van der Waals surface area contributed by atoms with Crippen LogP contribution in [0.4, 0.5) is 15.3 Å². The fourth-order valence-electron chi connectivity index (χ4n) is 6.18. The number of carbonyl (C=O) groups excluding carboxylic acids is 4. The Balaban J connectivity index is 1.56. The number of carbonyl (C=O) groups is 4. The number of halogens is 2. The summed E-state index contributed by atoms with van der Waals surface area (Å²) in [6.07, 6.45) is 2.02. The SMILES string of the molecule is CCOC(=O)C1CCCCN1C(=O)N1CC(c2ccc(C#N)cc2)C2(C1)C(=O)N(c1cc(Cl)cc(Cl)c1)C(=O)N2C. The Morgan fingerprint density at radius 1 is 1.10 bits per heavy atom. The minimum Gasteiger partial charge on any atom is -0.464 e. The maximum Gasteiger partial charge on any atom is 0.332 e. The molecule has 214 valence electrons. The number of rotatable bonds is 4. The number of hydrogen-bond donors (Lipinski definition) is 0. The van der Waals surface area contributed by atoms with E-state index in [0.29, 0.717) is 24.1 Å². The molecule has 2 aromatic carbocycles. The van der Waals surface area contributed by atoms with E-state index in [2.05, 4.69) is 6.07 Å². The number of likely N-dealkylation sites (N-methyl/N-ethyl adjacent to an activating group) is 1. The summed E-state index contributed by atoms with van der Waals surface area (Å²) in [5.41, 5.74) is -0.0937. The van der Waals surface area contributed by atoms with E-state index in [-0.39, 0.29) is 35.4 Å². The van der Waals surface area contributed by atoms with Crippen molar-refractivity contribution in [3.05, 3.63) is 63.6 Å². The van der Waals surface area contributed by atoms with Crippen molar-refractivity contribution in [2.75, 3.05) is 38.2 Å². The molecule has 1 spiro atoms. The van der Waals surface area contributed by atoms with E-state index < -0.39 is 41.4 Å². The molecule has 5 rings (SSSR count). The van der Waals surface area contributed by atoms with Gasteiger partial charge in [-0.3, -0.25) is 4.79 Å². The van der Waals surface area contributed by atoms with Crippen LogP contribution in [0.2, 0.25) is 10.0 Å². The number of piperidine rings is 1. The number of nitriles is 1. The van der Waals surface area contributed by atoms with Crippen LogP contribution in [0.1, 0.15) is 43.2 Å². The summed E-state index contributed by atoms with van der Waals surface area (Å²) >= 11 is 12.4. The molecular formula is C29H29Cl2N5O5. The molecule has 3 aliphatic heterocycles. The molecule has 3 saturated heterocycles. The molecule has 41 heavy (non-hydrogen) atoms. The van der Waals surface area contributed by atoms with E-state index in [9.17, 15) is 24.4 Å². The summed E-state index contributed by atoms with van der Waals surface area (Å²) < 4.78 is 5.25. The number of urea groups is 2. The molecule has 0 aromatic heterocycles. The van der Waals surface area contributed by atoms with E-state index in [4.69, 9.17) is 27.9 Å². The second-order valence-corrected chi connectivity index (χ2v) is 11.3. The molecule has 3 aliphatic rings. The Bertz CT molecular complexity index is 1420. The molecule has 0 N–H and O–H groups in total. The van der Waals surface area contributed by atoms with Crippen molar-refractivity contribution >= 4 is 52.8 Å². The van der Waals surface area contributed by atoms with Crippen molar-refractivity contribution in [3.63, 3.8) is 0 Å². The van der Waals surface area contributed by atoms with Gasteiger partial charge in [0.15, 0.2) is 0 Å². The maximum absolute atomic E-state index is 14.4. The molecule has 3 unspecified atom stereocenters. The van der Waals surface area contributed by atoms with E-state index in [1.165, 1.54) is 32.9 Å². The molecule has 0 aliphatic carbocycles. The molecular weight excluding hydrogens is 569 g/mol. The smallest absolute Gasteiger partial charge is 0.332 e. The molecule has 3 fully saturated rings. The van der Waals surface area contributed by atoms with Crippen LogP contribution in [0.25, 0.3) is 0 Å². The van der Waals surface area contributed by atoms with Gasteiger partial charge in [0, 0.05) is 36.1 Å². The number of nitrogens with zero attached hydrogens (tertiary/aromatic N) is 5. The second-order valence-electron chi connectivity index (χ2n) is 10.4. The zero-order chi connectivity index (χ0) is 29.5. The normalized spacial score (nSPS) is 24.3. The second kappa shape index (κ2) is 11.2. The third-order valence-corrected chi connectivity index (χ3v) is 8.62. The van der Waals surface area contributed by atoms with Gasteiger partial charge in [-0.15, -0.1) is 0 Å². The molecule has 12 heteroatoms. The van der Waals surface area contributed by atoms with Crippen LogP contribution in [0, 0.1) is 11.3 Å². The van der Waals surface area contributed by atoms with Gasteiger partial charge in [-0.05, 0) is 62.1 Å². The average Bonchev–Trinajstić information content (AvgIpc) is 3.45. The van der Waals surface area contributed by atoms with Crippen molar-refractivity contribution in [1.82, 2.24) is 14.7 Å². The van der Waals surface area contributed by atoms with Crippen LogP contribution in [-0.2, 0) is 14.3 Å². The predicted molar refractivity (Wildman–Crippen MR) is 152 cm³/mol. The monoisotopic (exact) mass is 597 g/mol. The largest absolute Gasteiger partial charge is 0.464 e. The van der Waals surface area contributed by atoms with Gasteiger partial charge in [0.1, 0.15) is 11.6 Å². The predicted octanol–water partition coefficient (Wildman–Crippen LogP) is 4.64. The lowest BCUT2D eigenvalue weighted by molar-refractivity contribution is -0.149. The molecule has 10 nitrogen and oxygen atoms in total. The highest BCUT2D eigenvalue weighted by atomic mass is 35.5. The average molecular weight is 598 g/mol. The van der Waals surface area contributed by atoms with Gasteiger partial charge in [-0.25, -0.2) is 19.3 Å². The summed E-state index contributed by atoms with van der Waals surface area (Å²) in [5, 5.41) is 9.83. The minimum atomic E-state index is -1.45. The Morgan fingerprint density at radius 2 is 1.78 bits per heavy atom. The van der Waals surface area contributed by atoms with Gasteiger partial charge < -0.3 is 19.4 Å². The van der Waals surface area contributed by atoms with Crippen LogP contribution in [0.3, 0.4) is 0 Å². The lowest BCUT2D eigenvalue weighted by Gasteiger charge is -2.37. The number of amides is 5. The van der Waals surface area contributed by atoms with E-state index in [1.807, 2.05) is 0 Å². The van der Waals surface area contributed by atoms with Crippen LogP contribution in [-0.4, -0.2) is 83.5 Å². The minimum absolute atomic E-state index is 0.0889. The Morgan fingerprint density at radius 3 is 2.41 bits per heavy atom. The number of esters is 1. The zero-order valence-corrected chi connectivity index (χ0v) is 24.2. The van der Waals surface area contributed by atoms with Crippen molar-refractivity contribution in [2.24, 2.45) is 0 Å². The summed E-state index contributed by atoms with van der Waals surface area (Å²) in [4.78, 5) is 60.3. The van der Waals surface area contributed by atoms with Gasteiger partial charge in [-0.1, -0.05) is 35.3 Å². The summed E-state index contributed by atoms with van der Waals surface area (Å²) in [6, 6.07) is 11.6. The van der Waals surface area contributed by atoms with Crippen molar-refractivity contribution in [3.8, 4) is 6.07 Å². The number of imide groups is 1. The van der Waals surface area contributed by atoms with Crippen LogP contribution < -0.4 is 4.90 Å². The molecule has 3 heterocycles. The number of anilines is 1. The lowest BCUT2D eigenvalue weighted by Crippen LogP contribution is -2.56. The highest BCUT2D eigenvalue weighted by Gasteiger charge is 2.65. The van der Waals surface area contributed by atoms with Gasteiger partial charge >= 0.3 is 18.0 Å².